The molecule has 0 unspecified atom stereocenters. The lowest BCUT2D eigenvalue weighted by Crippen LogP contribution is -2.30. The highest BCUT2D eigenvalue weighted by Crippen LogP contribution is 2.22. The number of halogens is 1. The first kappa shape index (κ1) is 21.3. The summed E-state index contributed by atoms with van der Waals surface area (Å²) in [6.45, 7) is 2.66. The molecular weight excluding hydrogens is 420 g/mol. The summed E-state index contributed by atoms with van der Waals surface area (Å²) in [5.41, 5.74) is 1.81. The number of aromatic amines is 2. The summed E-state index contributed by atoms with van der Waals surface area (Å²) in [6, 6.07) is 8.07. The maximum Gasteiger partial charge on any atom is 0.325 e. The van der Waals surface area contributed by atoms with Gasteiger partial charge in [0.1, 0.15) is 5.75 Å². The fraction of sp³-hybridized carbons (Fsp3) is 0.450. The second kappa shape index (κ2) is 9.44. The van der Waals surface area contributed by atoms with Crippen molar-refractivity contribution in [1.82, 2.24) is 40.5 Å². The summed E-state index contributed by atoms with van der Waals surface area (Å²) in [6.07, 6.45) is 4.87. The van der Waals surface area contributed by atoms with Crippen molar-refractivity contribution in [2.45, 2.75) is 38.1 Å². The smallest absolute Gasteiger partial charge is 0.325 e. The zero-order valence-corrected chi connectivity index (χ0v) is 17.8. The summed E-state index contributed by atoms with van der Waals surface area (Å²) >= 11 is 0. The first-order valence-electron chi connectivity index (χ1n) is 10.4. The molecule has 1 aromatic carbocycles. The Morgan fingerprint density at radius 3 is 2.87 bits per heavy atom. The molecule has 0 radical (unpaired) electrons. The normalized spacial score (nSPS) is 14.7. The highest BCUT2D eigenvalue weighted by Gasteiger charge is 2.19. The third-order valence-electron chi connectivity index (χ3n) is 5.55. The van der Waals surface area contributed by atoms with Crippen molar-refractivity contribution >= 4 is 34.5 Å². The van der Waals surface area contributed by atoms with E-state index in [1.807, 2.05) is 28.9 Å². The van der Waals surface area contributed by atoms with Gasteiger partial charge in [0, 0.05) is 11.8 Å². The van der Waals surface area contributed by atoms with Crippen LogP contribution in [0.5, 0.6) is 5.75 Å². The highest BCUT2D eigenvalue weighted by molar-refractivity contribution is 5.89. The maximum atomic E-state index is 11.4. The van der Waals surface area contributed by atoms with Crippen molar-refractivity contribution in [3.8, 4) is 5.75 Å². The summed E-state index contributed by atoms with van der Waals surface area (Å²) < 4.78 is 7.93. The van der Waals surface area contributed by atoms with E-state index in [4.69, 9.17) is 4.74 Å². The summed E-state index contributed by atoms with van der Waals surface area (Å²) in [5, 5.41) is 16.6. The largest absolute Gasteiger partial charge is 0.494 e. The molecular formula is C20H25ClN8O2. The van der Waals surface area contributed by atoms with Crippen LogP contribution in [0.3, 0.4) is 0 Å². The molecule has 1 aliphatic rings. The first-order valence-corrected chi connectivity index (χ1v) is 10.4. The monoisotopic (exact) mass is 444 g/mol. The minimum absolute atomic E-state index is 0. The van der Waals surface area contributed by atoms with Gasteiger partial charge in [0.15, 0.2) is 11.5 Å². The number of benzene rings is 1. The molecule has 10 nitrogen and oxygen atoms in total. The molecule has 4 aromatic rings. The molecule has 164 valence electrons. The number of imidazole rings is 1. The number of nitrogens with zero attached hydrogens (tertiary/aromatic N) is 5. The van der Waals surface area contributed by atoms with Crippen molar-refractivity contribution in [2.75, 3.05) is 19.7 Å². The summed E-state index contributed by atoms with van der Waals surface area (Å²) in [7, 11) is 0. The lowest BCUT2D eigenvalue weighted by atomic mass is 10.1. The lowest BCUT2D eigenvalue weighted by Gasteiger charge is -2.23. The number of hydrogen-bond acceptors (Lipinski definition) is 7. The van der Waals surface area contributed by atoms with E-state index in [1.165, 1.54) is 0 Å². The number of rotatable bonds is 7. The van der Waals surface area contributed by atoms with Crippen LogP contribution in [0.4, 0.5) is 0 Å². The maximum absolute atomic E-state index is 11.4. The van der Waals surface area contributed by atoms with Crippen LogP contribution < -0.4 is 15.7 Å². The van der Waals surface area contributed by atoms with Crippen LogP contribution in [0, 0.1) is 0 Å². The summed E-state index contributed by atoms with van der Waals surface area (Å²) in [5.74, 6) is 1.75. The van der Waals surface area contributed by atoms with Crippen LogP contribution in [-0.2, 0) is 6.42 Å². The lowest BCUT2D eigenvalue weighted by molar-refractivity contribution is 0.303. The minimum Gasteiger partial charge on any atom is -0.494 e. The number of pyridine rings is 1. The van der Waals surface area contributed by atoms with Crippen molar-refractivity contribution < 1.29 is 4.74 Å². The Labute approximate surface area is 184 Å². The van der Waals surface area contributed by atoms with Gasteiger partial charge in [-0.2, -0.15) is 0 Å². The number of unbranched alkanes of at least 4 members (excludes halogenated alkanes) is 1. The van der Waals surface area contributed by atoms with E-state index in [1.54, 1.807) is 0 Å². The fourth-order valence-electron chi connectivity index (χ4n) is 3.98. The van der Waals surface area contributed by atoms with Crippen LogP contribution in [0.25, 0.3) is 22.1 Å². The fourth-order valence-corrected chi connectivity index (χ4v) is 3.98. The number of nitrogens with one attached hydrogen (secondary N) is 3. The molecule has 0 amide bonds. The van der Waals surface area contributed by atoms with Gasteiger partial charge in [-0.25, -0.2) is 14.5 Å². The van der Waals surface area contributed by atoms with Gasteiger partial charge in [0.2, 0.25) is 0 Å². The van der Waals surface area contributed by atoms with Crippen LogP contribution in [-0.4, -0.2) is 54.9 Å². The molecule has 31 heavy (non-hydrogen) atoms. The number of aromatic nitrogens is 7. The van der Waals surface area contributed by atoms with Crippen molar-refractivity contribution in [1.29, 1.82) is 0 Å². The Hall–Kier alpha value is -2.98. The molecule has 0 atom stereocenters. The van der Waals surface area contributed by atoms with Crippen LogP contribution >= 0.6 is 12.4 Å². The van der Waals surface area contributed by atoms with E-state index in [0.717, 1.165) is 67.7 Å². The molecule has 11 heteroatoms. The Balaban J connectivity index is 0.00000231. The molecule has 1 aliphatic heterocycles. The number of aryl methyl sites for hydroxylation is 1. The molecule has 5 rings (SSSR count). The topological polar surface area (TPSA) is 126 Å². The minimum atomic E-state index is -0.254. The van der Waals surface area contributed by atoms with Gasteiger partial charge in [0.25, 0.3) is 0 Å². The van der Waals surface area contributed by atoms with Gasteiger partial charge < -0.3 is 15.0 Å². The quantitative estimate of drug-likeness (QED) is 0.373. The van der Waals surface area contributed by atoms with Crippen LogP contribution in [0.1, 0.15) is 37.5 Å². The molecule has 0 bridgehead atoms. The third kappa shape index (κ3) is 4.70. The molecule has 1 saturated heterocycles. The van der Waals surface area contributed by atoms with Crippen molar-refractivity contribution in [2.24, 2.45) is 0 Å². The van der Waals surface area contributed by atoms with E-state index in [-0.39, 0.29) is 18.1 Å². The Morgan fingerprint density at radius 1 is 1.13 bits per heavy atom. The highest BCUT2D eigenvalue weighted by atomic mass is 35.5. The molecule has 4 heterocycles. The number of ether oxygens (including phenoxy) is 1. The SMILES string of the molecule is Cl.O=c1[nH]c2cc3cc(OCCCCc4nnnn4C4CCNCC4)ccc3nc2[nH]1. The van der Waals surface area contributed by atoms with E-state index < -0.39 is 0 Å². The van der Waals surface area contributed by atoms with Crippen LogP contribution in [0.2, 0.25) is 0 Å². The average Bonchev–Trinajstić information content (AvgIpc) is 3.37. The predicted molar refractivity (Wildman–Crippen MR) is 119 cm³/mol. The number of tetrazole rings is 1. The Bertz CT molecular complexity index is 1210. The number of piperidine rings is 1. The standard InChI is InChI=1S/C20H24N8O2.ClH/c29-20-23-17-12-13-11-15(4-5-16(13)22-19(17)24-20)30-10-2-1-3-18-25-26-27-28(18)14-6-8-21-9-7-14;/h4-5,11-12,14,21H,1-3,6-10H2,(H2,22,23,24,29);1H. The molecule has 0 aliphatic carbocycles. The van der Waals surface area contributed by atoms with Gasteiger partial charge in [-0.3, -0.25) is 4.98 Å². The van der Waals surface area contributed by atoms with E-state index in [9.17, 15) is 4.79 Å². The van der Waals surface area contributed by atoms with Gasteiger partial charge in [-0.1, -0.05) is 0 Å². The molecule has 3 N–H and O–H groups in total. The molecule has 3 aromatic heterocycles. The first-order chi connectivity index (χ1) is 14.8. The van der Waals surface area contributed by atoms with Gasteiger partial charge >= 0.3 is 5.69 Å². The molecule has 0 saturated carbocycles. The Kier molecular flexibility index (Phi) is 6.47. The zero-order chi connectivity index (χ0) is 20.3. The third-order valence-corrected chi connectivity index (χ3v) is 5.55. The van der Waals surface area contributed by atoms with Crippen molar-refractivity contribution in [3.05, 3.63) is 40.6 Å². The van der Waals surface area contributed by atoms with Crippen molar-refractivity contribution in [3.63, 3.8) is 0 Å². The van der Waals surface area contributed by atoms with E-state index in [2.05, 4.69) is 35.8 Å². The second-order valence-electron chi connectivity index (χ2n) is 7.64. The van der Waals surface area contributed by atoms with Gasteiger partial charge in [-0.15, -0.1) is 17.5 Å². The van der Waals surface area contributed by atoms with E-state index >= 15 is 0 Å². The number of H-pyrrole nitrogens is 2. The second-order valence-corrected chi connectivity index (χ2v) is 7.64. The number of fused-ring (bicyclic) bond motifs is 2. The van der Waals surface area contributed by atoms with Crippen LogP contribution in [0.15, 0.2) is 29.1 Å². The molecule has 0 spiro atoms. The Morgan fingerprint density at radius 2 is 2.00 bits per heavy atom. The predicted octanol–water partition coefficient (Wildman–Crippen LogP) is 2.14. The average molecular weight is 445 g/mol. The van der Waals surface area contributed by atoms with Gasteiger partial charge in [-0.05, 0) is 73.5 Å². The molecule has 1 fully saturated rings. The zero-order valence-electron chi connectivity index (χ0n) is 17.0. The summed E-state index contributed by atoms with van der Waals surface area (Å²) in [4.78, 5) is 21.3. The van der Waals surface area contributed by atoms with Gasteiger partial charge in [0.05, 0.1) is 23.7 Å². The van der Waals surface area contributed by atoms with E-state index in [0.29, 0.717) is 23.8 Å². The number of hydrogen-bond donors (Lipinski definition) is 3.